The van der Waals surface area contributed by atoms with Gasteiger partial charge in [0.05, 0.1) is 0 Å². The molecule has 7 nitrogen and oxygen atoms in total. The lowest BCUT2D eigenvalue weighted by Crippen LogP contribution is -2.50. The van der Waals surface area contributed by atoms with Crippen LogP contribution in [0.4, 0.5) is 10.1 Å². The molecule has 0 aliphatic carbocycles. The summed E-state index contributed by atoms with van der Waals surface area (Å²) in [5, 5.41) is 4.52. The zero-order valence-electron chi connectivity index (χ0n) is 16.1. The highest BCUT2D eigenvalue weighted by molar-refractivity contribution is 6.30. The summed E-state index contributed by atoms with van der Waals surface area (Å²) in [6.07, 6.45) is 0.324. The molecule has 30 heavy (non-hydrogen) atoms. The van der Waals surface area contributed by atoms with Gasteiger partial charge >= 0.3 is 6.08 Å². The van der Waals surface area contributed by atoms with E-state index >= 15 is 0 Å². The van der Waals surface area contributed by atoms with Crippen LogP contribution >= 0.6 is 11.6 Å². The summed E-state index contributed by atoms with van der Waals surface area (Å²) >= 11 is 6.05. The highest BCUT2D eigenvalue weighted by atomic mass is 35.5. The Kier molecular flexibility index (Phi) is 6.13. The third-order valence-electron chi connectivity index (χ3n) is 4.85. The molecule has 156 valence electrons. The molecule has 0 radical (unpaired) electrons. The average Bonchev–Trinajstić information content (AvgIpc) is 3.21. The third-order valence-corrected chi connectivity index (χ3v) is 5.08. The van der Waals surface area contributed by atoms with Gasteiger partial charge in [0.1, 0.15) is 5.82 Å². The predicted octanol–water partition coefficient (Wildman–Crippen LogP) is 3.18. The summed E-state index contributed by atoms with van der Waals surface area (Å²) < 4.78 is 23.4. The maximum absolute atomic E-state index is 13.0. The molecule has 9 heteroatoms. The van der Waals surface area contributed by atoms with Crippen molar-refractivity contribution in [1.29, 1.82) is 0 Å². The molecule has 0 N–H and O–H groups in total. The second-order valence-corrected chi connectivity index (χ2v) is 7.35. The molecule has 2 aromatic carbocycles. The molecule has 1 saturated heterocycles. The number of rotatable bonds is 6. The number of amides is 1. The number of ether oxygens (including phenoxy) is 1. The first-order valence-electron chi connectivity index (χ1n) is 9.55. The number of hydrogen-bond donors (Lipinski definition) is 0. The van der Waals surface area contributed by atoms with E-state index in [0.29, 0.717) is 43.4 Å². The molecule has 2 heterocycles. The first kappa shape index (κ1) is 20.2. The standard InChI is InChI=1S/C21H20ClFN4O3/c22-16-2-1-3-18(13-16)26-8-10-27(11-9-26)20(28)14-29-21-24-19(25-30-21)12-15-4-6-17(23)7-5-15/h1-7,13H,8-12,14H2. The minimum atomic E-state index is -0.303. The van der Waals surface area contributed by atoms with E-state index in [1.54, 1.807) is 17.0 Å². The van der Waals surface area contributed by atoms with Crippen LogP contribution in [0.15, 0.2) is 53.1 Å². The molecular weight excluding hydrogens is 411 g/mol. The topological polar surface area (TPSA) is 71.7 Å². The summed E-state index contributed by atoms with van der Waals surface area (Å²) in [4.78, 5) is 20.5. The second kappa shape index (κ2) is 9.13. The summed E-state index contributed by atoms with van der Waals surface area (Å²) in [7, 11) is 0. The van der Waals surface area contributed by atoms with Gasteiger partial charge in [0.2, 0.25) is 0 Å². The molecule has 4 rings (SSSR count). The van der Waals surface area contributed by atoms with Gasteiger partial charge in [-0.25, -0.2) is 4.39 Å². The fraction of sp³-hybridized carbons (Fsp3) is 0.286. The average molecular weight is 431 g/mol. The number of benzene rings is 2. The first-order valence-corrected chi connectivity index (χ1v) is 9.93. The molecule has 1 aliphatic heterocycles. The third kappa shape index (κ3) is 5.07. The summed E-state index contributed by atoms with van der Waals surface area (Å²) in [5.41, 5.74) is 1.89. The Balaban J connectivity index is 1.24. The fourth-order valence-corrected chi connectivity index (χ4v) is 3.44. The van der Waals surface area contributed by atoms with Crippen molar-refractivity contribution < 1.29 is 18.4 Å². The van der Waals surface area contributed by atoms with Gasteiger partial charge in [0.25, 0.3) is 5.91 Å². The molecule has 0 bridgehead atoms. The zero-order chi connectivity index (χ0) is 20.9. The first-order chi connectivity index (χ1) is 14.6. The van der Waals surface area contributed by atoms with Crippen LogP contribution in [0.5, 0.6) is 6.08 Å². The van der Waals surface area contributed by atoms with Crippen molar-refractivity contribution in [1.82, 2.24) is 15.0 Å². The van der Waals surface area contributed by atoms with Crippen molar-refractivity contribution in [2.24, 2.45) is 0 Å². The molecule has 0 atom stereocenters. The molecule has 0 unspecified atom stereocenters. The Bertz CT molecular complexity index is 1000. The summed E-state index contributed by atoms with van der Waals surface area (Å²) in [6.45, 7) is 2.45. The highest BCUT2D eigenvalue weighted by Crippen LogP contribution is 2.21. The van der Waals surface area contributed by atoms with Crippen molar-refractivity contribution in [3.05, 3.63) is 70.8 Å². The molecule has 0 saturated carbocycles. The van der Waals surface area contributed by atoms with Crippen molar-refractivity contribution in [2.45, 2.75) is 6.42 Å². The van der Waals surface area contributed by atoms with Crippen molar-refractivity contribution >= 4 is 23.2 Å². The Hall–Kier alpha value is -3.13. The van der Waals surface area contributed by atoms with Crippen LogP contribution in [0.25, 0.3) is 0 Å². The number of piperazine rings is 1. The maximum Gasteiger partial charge on any atom is 0.417 e. The zero-order valence-corrected chi connectivity index (χ0v) is 16.9. The minimum Gasteiger partial charge on any atom is -0.439 e. The quantitative estimate of drug-likeness (QED) is 0.598. The lowest BCUT2D eigenvalue weighted by Gasteiger charge is -2.36. The Morgan fingerprint density at radius 3 is 2.63 bits per heavy atom. The second-order valence-electron chi connectivity index (χ2n) is 6.92. The minimum absolute atomic E-state index is 0.0574. The molecule has 1 aliphatic rings. The van der Waals surface area contributed by atoms with Crippen molar-refractivity contribution in [3.8, 4) is 6.08 Å². The number of halogens is 2. The van der Waals surface area contributed by atoms with Crippen LogP contribution < -0.4 is 9.64 Å². The smallest absolute Gasteiger partial charge is 0.417 e. The SMILES string of the molecule is O=C(COc1nc(Cc2ccc(F)cc2)no1)N1CCN(c2cccc(Cl)c2)CC1. The van der Waals surface area contributed by atoms with E-state index in [4.69, 9.17) is 20.9 Å². The lowest BCUT2D eigenvalue weighted by atomic mass is 10.1. The van der Waals surface area contributed by atoms with Gasteiger partial charge in [-0.2, -0.15) is 4.98 Å². The van der Waals surface area contributed by atoms with Gasteiger partial charge in [-0.05, 0) is 35.9 Å². The van der Waals surface area contributed by atoms with Gasteiger partial charge in [0.15, 0.2) is 12.4 Å². The van der Waals surface area contributed by atoms with Gasteiger partial charge in [-0.1, -0.05) is 35.0 Å². The number of carbonyl (C=O) groups is 1. The predicted molar refractivity (Wildman–Crippen MR) is 109 cm³/mol. The Labute approximate surface area is 178 Å². The normalized spacial score (nSPS) is 14.1. The molecule has 0 spiro atoms. The number of aromatic nitrogens is 2. The van der Waals surface area contributed by atoms with E-state index in [0.717, 1.165) is 11.3 Å². The number of nitrogens with zero attached hydrogens (tertiary/aromatic N) is 4. The van der Waals surface area contributed by atoms with Crippen LogP contribution in [0.2, 0.25) is 5.02 Å². The van der Waals surface area contributed by atoms with Crippen LogP contribution in [0.1, 0.15) is 11.4 Å². The highest BCUT2D eigenvalue weighted by Gasteiger charge is 2.22. The lowest BCUT2D eigenvalue weighted by molar-refractivity contribution is -0.134. The Morgan fingerprint density at radius 1 is 1.13 bits per heavy atom. The van der Waals surface area contributed by atoms with E-state index in [-0.39, 0.29) is 24.4 Å². The Morgan fingerprint density at radius 2 is 1.90 bits per heavy atom. The van der Waals surface area contributed by atoms with E-state index in [1.807, 2.05) is 24.3 Å². The van der Waals surface area contributed by atoms with E-state index in [9.17, 15) is 9.18 Å². The summed E-state index contributed by atoms with van der Waals surface area (Å²) in [6, 6.07) is 13.7. The van der Waals surface area contributed by atoms with Gasteiger partial charge in [-0.3, -0.25) is 9.32 Å². The van der Waals surface area contributed by atoms with E-state index in [1.165, 1.54) is 12.1 Å². The fourth-order valence-electron chi connectivity index (χ4n) is 3.25. The number of anilines is 1. The summed E-state index contributed by atoms with van der Waals surface area (Å²) in [5.74, 6) is -0.0407. The van der Waals surface area contributed by atoms with E-state index < -0.39 is 0 Å². The molecule has 1 amide bonds. The van der Waals surface area contributed by atoms with E-state index in [2.05, 4.69) is 15.0 Å². The number of carbonyl (C=O) groups excluding carboxylic acids is 1. The van der Waals surface area contributed by atoms with Gasteiger partial charge in [-0.15, -0.1) is 0 Å². The maximum atomic E-state index is 13.0. The largest absolute Gasteiger partial charge is 0.439 e. The van der Waals surface area contributed by atoms with Crippen LogP contribution in [0, 0.1) is 5.82 Å². The molecule has 1 fully saturated rings. The number of hydrogen-bond acceptors (Lipinski definition) is 6. The molecule has 1 aromatic heterocycles. The monoisotopic (exact) mass is 430 g/mol. The van der Waals surface area contributed by atoms with Crippen LogP contribution in [0.3, 0.4) is 0 Å². The van der Waals surface area contributed by atoms with Crippen LogP contribution in [-0.2, 0) is 11.2 Å². The molecular formula is C21H20ClFN4O3. The van der Waals surface area contributed by atoms with Crippen molar-refractivity contribution in [2.75, 3.05) is 37.7 Å². The van der Waals surface area contributed by atoms with Crippen molar-refractivity contribution in [3.63, 3.8) is 0 Å². The van der Waals surface area contributed by atoms with Crippen LogP contribution in [-0.4, -0.2) is 53.7 Å². The van der Waals surface area contributed by atoms with Gasteiger partial charge < -0.3 is 14.5 Å². The van der Waals surface area contributed by atoms with Gasteiger partial charge in [0, 0.05) is 43.3 Å². The molecule has 3 aromatic rings.